The van der Waals surface area contributed by atoms with Gasteiger partial charge in [-0.1, -0.05) is 0 Å². The summed E-state index contributed by atoms with van der Waals surface area (Å²) in [6, 6.07) is 0. The molecule has 6 heteroatoms. The van der Waals surface area contributed by atoms with Gasteiger partial charge in [-0.15, -0.1) is 0 Å². The van der Waals surface area contributed by atoms with Crippen LogP contribution < -0.4 is 5.73 Å². The zero-order valence-electron chi connectivity index (χ0n) is 5.69. The number of hydrogen-bond acceptors (Lipinski definition) is 2. The number of rotatable bonds is 0. The molecule has 0 aromatic carbocycles. The molecule has 0 saturated carbocycles. The van der Waals surface area contributed by atoms with Crippen molar-refractivity contribution >= 4 is 21.6 Å². The van der Waals surface area contributed by atoms with E-state index in [9.17, 15) is 13.2 Å². The van der Waals surface area contributed by atoms with E-state index in [-0.39, 0.29) is 10.2 Å². The van der Waals surface area contributed by atoms with Gasteiger partial charge in [0.2, 0.25) is 0 Å². The van der Waals surface area contributed by atoms with Crippen molar-refractivity contribution in [1.29, 1.82) is 0 Å². The van der Waals surface area contributed by atoms with Gasteiger partial charge in [0.05, 0.1) is 21.9 Å². The summed E-state index contributed by atoms with van der Waals surface area (Å²) in [6.45, 7) is 0. The molecule has 1 rings (SSSR count). The zero-order chi connectivity index (χ0) is 9.35. The number of alkyl halides is 3. The maximum atomic E-state index is 12.1. The van der Waals surface area contributed by atoms with Crippen molar-refractivity contribution in [2.45, 2.75) is 6.18 Å². The molecule has 0 aliphatic carbocycles. The maximum absolute atomic E-state index is 12.1. The molecule has 0 amide bonds. The fourth-order valence-corrected chi connectivity index (χ4v) is 1.09. The lowest BCUT2D eigenvalue weighted by Gasteiger charge is -2.08. The number of nitrogens with two attached hydrogens (primary N) is 1. The molecule has 0 fully saturated rings. The highest BCUT2D eigenvalue weighted by atomic mass is 79.9. The number of aromatic nitrogens is 1. The van der Waals surface area contributed by atoms with Crippen LogP contribution in [0.15, 0.2) is 16.9 Å². The Hall–Kier alpha value is -0.780. The van der Waals surface area contributed by atoms with Crippen molar-refractivity contribution in [2.75, 3.05) is 5.73 Å². The second-order valence-electron chi connectivity index (χ2n) is 2.09. The number of anilines is 1. The zero-order valence-corrected chi connectivity index (χ0v) is 7.28. The highest BCUT2D eigenvalue weighted by molar-refractivity contribution is 9.10. The van der Waals surface area contributed by atoms with Crippen LogP contribution in [0, 0.1) is 0 Å². The first-order valence-corrected chi connectivity index (χ1v) is 3.68. The summed E-state index contributed by atoms with van der Waals surface area (Å²) in [7, 11) is 0. The monoisotopic (exact) mass is 240 g/mol. The fourth-order valence-electron chi connectivity index (χ4n) is 0.659. The molecule has 12 heavy (non-hydrogen) atoms. The number of hydrogen-bond donors (Lipinski definition) is 1. The van der Waals surface area contributed by atoms with Crippen molar-refractivity contribution in [3.05, 3.63) is 22.4 Å². The maximum Gasteiger partial charge on any atom is 0.419 e. The molecule has 2 nitrogen and oxygen atoms in total. The third-order valence-electron chi connectivity index (χ3n) is 1.21. The highest BCUT2D eigenvalue weighted by Crippen LogP contribution is 2.36. The number of nitrogen functional groups attached to an aromatic ring is 1. The highest BCUT2D eigenvalue weighted by Gasteiger charge is 2.33. The number of pyridine rings is 1. The molecule has 0 saturated heterocycles. The summed E-state index contributed by atoms with van der Waals surface area (Å²) in [6.07, 6.45) is -2.54. The van der Waals surface area contributed by atoms with E-state index in [0.29, 0.717) is 0 Å². The van der Waals surface area contributed by atoms with Crippen LogP contribution in [0.1, 0.15) is 5.56 Å². The summed E-state index contributed by atoms with van der Waals surface area (Å²) in [5, 5.41) is 0. The second kappa shape index (κ2) is 2.93. The van der Waals surface area contributed by atoms with Crippen LogP contribution in [0.5, 0.6) is 0 Å². The minimum atomic E-state index is -4.42. The molecule has 0 aliphatic heterocycles. The molecule has 0 aliphatic rings. The van der Waals surface area contributed by atoms with Crippen LogP contribution in [-0.2, 0) is 6.18 Å². The molecule has 0 radical (unpaired) electrons. The molecule has 1 heterocycles. The van der Waals surface area contributed by atoms with Gasteiger partial charge in [-0.25, -0.2) is 0 Å². The van der Waals surface area contributed by atoms with Crippen molar-refractivity contribution in [3.63, 3.8) is 0 Å². The smallest absolute Gasteiger partial charge is 0.397 e. The van der Waals surface area contributed by atoms with Crippen molar-refractivity contribution in [3.8, 4) is 0 Å². The van der Waals surface area contributed by atoms with Gasteiger partial charge in [-0.3, -0.25) is 4.98 Å². The van der Waals surface area contributed by atoms with Crippen LogP contribution in [0.4, 0.5) is 18.9 Å². The van der Waals surface area contributed by atoms with Gasteiger partial charge in [0.15, 0.2) is 0 Å². The molecule has 1 aromatic heterocycles. The summed E-state index contributed by atoms with van der Waals surface area (Å²) in [5.74, 6) is 0. The van der Waals surface area contributed by atoms with E-state index in [4.69, 9.17) is 5.73 Å². The largest absolute Gasteiger partial charge is 0.419 e. The Morgan fingerprint density at radius 1 is 1.33 bits per heavy atom. The van der Waals surface area contributed by atoms with Crippen molar-refractivity contribution in [2.24, 2.45) is 0 Å². The van der Waals surface area contributed by atoms with Crippen LogP contribution in [-0.4, -0.2) is 4.98 Å². The van der Waals surface area contributed by atoms with Crippen LogP contribution in [0.2, 0.25) is 0 Å². The number of halogens is 4. The topological polar surface area (TPSA) is 38.9 Å². The second-order valence-corrected chi connectivity index (χ2v) is 2.88. The first-order valence-electron chi connectivity index (χ1n) is 2.89. The van der Waals surface area contributed by atoms with E-state index >= 15 is 0 Å². The van der Waals surface area contributed by atoms with E-state index in [2.05, 4.69) is 20.9 Å². The Kier molecular flexibility index (Phi) is 2.27. The third-order valence-corrected chi connectivity index (χ3v) is 2.10. The summed E-state index contributed by atoms with van der Waals surface area (Å²) >= 11 is 2.73. The van der Waals surface area contributed by atoms with Gasteiger partial charge >= 0.3 is 6.18 Å². The first-order chi connectivity index (χ1) is 5.43. The van der Waals surface area contributed by atoms with Gasteiger partial charge < -0.3 is 5.73 Å². The first kappa shape index (κ1) is 9.31. The lowest BCUT2D eigenvalue weighted by molar-refractivity contribution is -0.138. The average Bonchev–Trinajstić information content (AvgIpc) is 1.92. The van der Waals surface area contributed by atoms with Crippen molar-refractivity contribution < 1.29 is 13.2 Å². The SMILES string of the molecule is Nc1cncc(C(F)(F)F)c1Br. The molecule has 0 spiro atoms. The Morgan fingerprint density at radius 2 is 1.92 bits per heavy atom. The quantitative estimate of drug-likeness (QED) is 0.757. The lowest BCUT2D eigenvalue weighted by atomic mass is 10.2. The summed E-state index contributed by atoms with van der Waals surface area (Å²) < 4.78 is 36.1. The molecule has 66 valence electrons. The van der Waals surface area contributed by atoms with E-state index in [1.807, 2.05) is 0 Å². The molecule has 0 bridgehead atoms. The van der Waals surface area contributed by atoms with Crippen LogP contribution >= 0.6 is 15.9 Å². The van der Waals surface area contributed by atoms with Gasteiger partial charge in [-0.2, -0.15) is 13.2 Å². The molecule has 2 N–H and O–H groups in total. The normalized spacial score (nSPS) is 11.7. The Morgan fingerprint density at radius 3 is 2.33 bits per heavy atom. The van der Waals surface area contributed by atoms with E-state index in [1.165, 1.54) is 0 Å². The van der Waals surface area contributed by atoms with Crippen LogP contribution in [0.25, 0.3) is 0 Å². The standard InChI is InChI=1S/C6H4BrF3N2/c7-5-3(6(8,9)10)1-12-2-4(5)11/h1-2H,11H2. The molecule has 1 aromatic rings. The molecule has 0 unspecified atom stereocenters. The number of nitrogens with zero attached hydrogens (tertiary/aromatic N) is 1. The van der Waals surface area contributed by atoms with Gasteiger partial charge in [0.25, 0.3) is 0 Å². The lowest BCUT2D eigenvalue weighted by Crippen LogP contribution is -2.07. The van der Waals surface area contributed by atoms with E-state index in [1.54, 1.807) is 0 Å². The summed E-state index contributed by atoms with van der Waals surface area (Å²) in [4.78, 5) is 3.34. The van der Waals surface area contributed by atoms with Gasteiger partial charge in [-0.05, 0) is 15.9 Å². The predicted octanol–water partition coefficient (Wildman–Crippen LogP) is 2.45. The van der Waals surface area contributed by atoms with E-state index in [0.717, 1.165) is 12.4 Å². The van der Waals surface area contributed by atoms with Gasteiger partial charge in [0, 0.05) is 6.20 Å². The molecular weight excluding hydrogens is 237 g/mol. The Bertz CT molecular complexity index is 297. The Labute approximate surface area is 74.7 Å². The minimum Gasteiger partial charge on any atom is -0.397 e. The molecule has 0 atom stereocenters. The molecular formula is C6H4BrF3N2. The van der Waals surface area contributed by atoms with E-state index < -0.39 is 11.7 Å². The minimum absolute atomic E-state index is 0.0233. The average molecular weight is 241 g/mol. The Balaban J connectivity index is 3.26. The van der Waals surface area contributed by atoms with Crippen molar-refractivity contribution in [1.82, 2.24) is 4.98 Å². The summed E-state index contributed by atoms with van der Waals surface area (Å²) in [5.41, 5.74) is 4.33. The fraction of sp³-hybridized carbons (Fsp3) is 0.167. The van der Waals surface area contributed by atoms with Gasteiger partial charge in [0.1, 0.15) is 0 Å². The predicted molar refractivity (Wildman–Crippen MR) is 41.4 cm³/mol. The van der Waals surface area contributed by atoms with Crippen LogP contribution in [0.3, 0.4) is 0 Å². The third kappa shape index (κ3) is 1.69.